The topological polar surface area (TPSA) is 115 Å². The second-order valence-electron chi connectivity index (χ2n) is 6.96. The maximum absolute atomic E-state index is 13.1. The summed E-state index contributed by atoms with van der Waals surface area (Å²) in [5.74, 6) is -0.484. The predicted octanol–water partition coefficient (Wildman–Crippen LogP) is 2.66. The number of nitriles is 1. The van der Waals surface area contributed by atoms with Gasteiger partial charge >= 0.3 is 5.97 Å². The molecule has 0 unspecified atom stereocenters. The standard InChI is InChI=1S/C24H28N2O7/c1-5-31-21-8-7-18(14-22(21)32-6-2)13-19-16(3)20(15-25)24(29)26(23(19)28)9-10-30-11-12-33-17(4)27/h7-8,13-14H,5-6,9-12H2,1-4H3/b19-13+. The van der Waals surface area contributed by atoms with Crippen molar-refractivity contribution in [3.8, 4) is 17.6 Å². The van der Waals surface area contributed by atoms with Crippen LogP contribution in [0.5, 0.6) is 11.5 Å². The number of hydrogen-bond acceptors (Lipinski definition) is 8. The van der Waals surface area contributed by atoms with Gasteiger partial charge in [-0.15, -0.1) is 0 Å². The average molecular weight is 456 g/mol. The number of amides is 2. The number of nitrogens with zero attached hydrogens (tertiary/aromatic N) is 2. The quantitative estimate of drug-likeness (QED) is 0.216. The van der Waals surface area contributed by atoms with Gasteiger partial charge in [0.15, 0.2) is 11.5 Å². The van der Waals surface area contributed by atoms with Gasteiger partial charge in [0.2, 0.25) is 0 Å². The lowest BCUT2D eigenvalue weighted by atomic mass is 9.93. The van der Waals surface area contributed by atoms with Crippen LogP contribution in [0.4, 0.5) is 0 Å². The third-order valence-corrected chi connectivity index (χ3v) is 4.70. The normalized spacial score (nSPS) is 15.0. The fourth-order valence-electron chi connectivity index (χ4n) is 3.16. The third kappa shape index (κ3) is 6.67. The molecule has 0 spiro atoms. The molecule has 33 heavy (non-hydrogen) atoms. The second-order valence-corrected chi connectivity index (χ2v) is 6.96. The van der Waals surface area contributed by atoms with Gasteiger partial charge in [-0.2, -0.15) is 5.26 Å². The van der Waals surface area contributed by atoms with Crippen LogP contribution < -0.4 is 9.47 Å². The van der Waals surface area contributed by atoms with E-state index in [1.54, 1.807) is 31.2 Å². The lowest BCUT2D eigenvalue weighted by Crippen LogP contribution is -2.44. The van der Waals surface area contributed by atoms with Gasteiger partial charge in [-0.3, -0.25) is 19.3 Å². The molecule has 9 nitrogen and oxygen atoms in total. The van der Waals surface area contributed by atoms with E-state index >= 15 is 0 Å². The largest absolute Gasteiger partial charge is 0.490 e. The van der Waals surface area contributed by atoms with Gasteiger partial charge in [0.25, 0.3) is 11.8 Å². The van der Waals surface area contributed by atoms with Crippen LogP contribution in [-0.2, 0) is 23.9 Å². The minimum atomic E-state index is -0.664. The number of hydrogen-bond donors (Lipinski definition) is 0. The Hall–Kier alpha value is -3.64. The molecule has 1 aromatic carbocycles. The van der Waals surface area contributed by atoms with Crippen LogP contribution in [0.15, 0.2) is 34.9 Å². The molecule has 0 atom stereocenters. The summed E-state index contributed by atoms with van der Waals surface area (Å²) in [6, 6.07) is 7.16. The summed E-state index contributed by atoms with van der Waals surface area (Å²) < 4.78 is 21.3. The number of imide groups is 1. The third-order valence-electron chi connectivity index (χ3n) is 4.70. The zero-order chi connectivity index (χ0) is 24.4. The molecule has 1 aromatic rings. The fraction of sp³-hybridized carbons (Fsp3) is 0.417. The maximum atomic E-state index is 13.1. The molecule has 1 aliphatic heterocycles. The Morgan fingerprint density at radius 1 is 1.06 bits per heavy atom. The number of rotatable bonds is 11. The zero-order valence-corrected chi connectivity index (χ0v) is 19.3. The van der Waals surface area contributed by atoms with Crippen molar-refractivity contribution in [3.05, 3.63) is 40.5 Å². The highest BCUT2D eigenvalue weighted by atomic mass is 16.6. The first-order valence-electron chi connectivity index (χ1n) is 10.6. The summed E-state index contributed by atoms with van der Waals surface area (Å²) in [4.78, 5) is 37.6. The molecular weight excluding hydrogens is 428 g/mol. The Balaban J connectivity index is 2.27. The SMILES string of the molecule is CCOc1ccc(/C=C2/C(=O)N(CCOCCOC(C)=O)C(=O)C(C#N)=C2C)cc1OCC. The summed E-state index contributed by atoms with van der Waals surface area (Å²) in [5, 5.41) is 9.51. The number of carbonyl (C=O) groups is 3. The van der Waals surface area contributed by atoms with E-state index in [2.05, 4.69) is 0 Å². The number of carbonyl (C=O) groups excluding carboxylic acids is 3. The number of benzene rings is 1. The fourth-order valence-corrected chi connectivity index (χ4v) is 3.16. The average Bonchev–Trinajstić information content (AvgIpc) is 2.77. The lowest BCUT2D eigenvalue weighted by molar-refractivity contribution is -0.142. The van der Waals surface area contributed by atoms with E-state index in [1.165, 1.54) is 6.92 Å². The van der Waals surface area contributed by atoms with Gasteiger partial charge in [0, 0.05) is 12.5 Å². The van der Waals surface area contributed by atoms with E-state index in [4.69, 9.17) is 18.9 Å². The van der Waals surface area contributed by atoms with Gasteiger partial charge < -0.3 is 18.9 Å². The Kier molecular flexibility index (Phi) is 9.63. The molecule has 0 radical (unpaired) electrons. The second kappa shape index (κ2) is 12.4. The molecule has 1 aliphatic rings. The van der Waals surface area contributed by atoms with Crippen LogP contribution in [0, 0.1) is 11.3 Å². The molecule has 0 bridgehead atoms. The molecule has 9 heteroatoms. The number of ether oxygens (including phenoxy) is 4. The molecule has 0 N–H and O–H groups in total. The van der Waals surface area contributed by atoms with Gasteiger partial charge in [0.05, 0.1) is 33.0 Å². The first-order valence-corrected chi connectivity index (χ1v) is 10.6. The van der Waals surface area contributed by atoms with Crippen LogP contribution >= 0.6 is 0 Å². The van der Waals surface area contributed by atoms with Crippen LogP contribution in [0.3, 0.4) is 0 Å². The van der Waals surface area contributed by atoms with E-state index in [1.807, 2.05) is 19.9 Å². The van der Waals surface area contributed by atoms with Gasteiger partial charge in [-0.25, -0.2) is 0 Å². The summed E-state index contributed by atoms with van der Waals surface area (Å²) >= 11 is 0. The summed E-state index contributed by atoms with van der Waals surface area (Å²) in [6.07, 6.45) is 1.62. The summed E-state index contributed by atoms with van der Waals surface area (Å²) in [7, 11) is 0. The molecule has 2 rings (SSSR count). The highest BCUT2D eigenvalue weighted by Gasteiger charge is 2.35. The summed E-state index contributed by atoms with van der Waals surface area (Å²) in [6.45, 7) is 7.72. The highest BCUT2D eigenvalue weighted by Crippen LogP contribution is 2.32. The van der Waals surface area contributed by atoms with Crippen LogP contribution in [0.1, 0.15) is 33.3 Å². The van der Waals surface area contributed by atoms with Crippen molar-refractivity contribution in [2.24, 2.45) is 0 Å². The van der Waals surface area contributed by atoms with Crippen molar-refractivity contribution in [3.63, 3.8) is 0 Å². The van der Waals surface area contributed by atoms with E-state index in [0.717, 1.165) is 4.90 Å². The zero-order valence-electron chi connectivity index (χ0n) is 19.3. The number of esters is 1. The van der Waals surface area contributed by atoms with Gasteiger partial charge in [-0.1, -0.05) is 6.07 Å². The van der Waals surface area contributed by atoms with Crippen molar-refractivity contribution in [1.29, 1.82) is 5.26 Å². The minimum absolute atomic E-state index is 0.0407. The molecule has 0 fully saturated rings. The van der Waals surface area contributed by atoms with E-state index in [0.29, 0.717) is 35.8 Å². The molecule has 1 heterocycles. The first-order chi connectivity index (χ1) is 15.8. The molecule has 0 saturated carbocycles. The smallest absolute Gasteiger partial charge is 0.302 e. The van der Waals surface area contributed by atoms with Crippen LogP contribution in [-0.4, -0.2) is 62.3 Å². The van der Waals surface area contributed by atoms with Crippen LogP contribution in [0.2, 0.25) is 0 Å². The van der Waals surface area contributed by atoms with Gasteiger partial charge in [-0.05, 0) is 50.1 Å². The molecule has 0 aromatic heterocycles. The van der Waals surface area contributed by atoms with Crippen molar-refractivity contribution < 1.29 is 33.3 Å². The van der Waals surface area contributed by atoms with Crippen LogP contribution in [0.25, 0.3) is 6.08 Å². The molecule has 2 amide bonds. The minimum Gasteiger partial charge on any atom is -0.490 e. The van der Waals surface area contributed by atoms with Crippen molar-refractivity contribution in [2.75, 3.05) is 39.6 Å². The van der Waals surface area contributed by atoms with Crippen molar-refractivity contribution in [2.45, 2.75) is 27.7 Å². The molecule has 0 aliphatic carbocycles. The molecule has 176 valence electrons. The van der Waals surface area contributed by atoms with E-state index < -0.39 is 17.8 Å². The monoisotopic (exact) mass is 456 g/mol. The predicted molar refractivity (Wildman–Crippen MR) is 119 cm³/mol. The Labute approximate surface area is 193 Å². The van der Waals surface area contributed by atoms with E-state index in [-0.39, 0.29) is 37.5 Å². The lowest BCUT2D eigenvalue weighted by Gasteiger charge is -2.27. The molecular formula is C24H28N2O7. The maximum Gasteiger partial charge on any atom is 0.302 e. The Morgan fingerprint density at radius 2 is 1.76 bits per heavy atom. The Morgan fingerprint density at radius 3 is 2.39 bits per heavy atom. The van der Waals surface area contributed by atoms with E-state index in [9.17, 15) is 19.6 Å². The highest BCUT2D eigenvalue weighted by molar-refractivity contribution is 6.19. The van der Waals surface area contributed by atoms with Crippen molar-refractivity contribution >= 4 is 23.9 Å². The Bertz CT molecular complexity index is 1000. The summed E-state index contributed by atoms with van der Waals surface area (Å²) in [5.41, 5.74) is 1.11. The van der Waals surface area contributed by atoms with Gasteiger partial charge in [0.1, 0.15) is 18.2 Å². The first kappa shape index (κ1) is 25.6. The molecule has 0 saturated heterocycles. The van der Waals surface area contributed by atoms with Crippen molar-refractivity contribution in [1.82, 2.24) is 4.90 Å².